The highest BCUT2D eigenvalue weighted by Crippen LogP contribution is 2.15. The summed E-state index contributed by atoms with van der Waals surface area (Å²) >= 11 is 0. The van der Waals surface area contributed by atoms with Gasteiger partial charge in [-0.1, -0.05) is 0 Å². The predicted molar refractivity (Wildman–Crippen MR) is 57.4 cm³/mol. The quantitative estimate of drug-likeness (QED) is 0.608. The fourth-order valence-corrected chi connectivity index (χ4v) is 1.63. The molecule has 0 aromatic carbocycles. The summed E-state index contributed by atoms with van der Waals surface area (Å²) in [7, 11) is 0. The first kappa shape index (κ1) is 10.8. The molecule has 1 aliphatic heterocycles. The Morgan fingerprint density at radius 3 is 3.06 bits per heavy atom. The van der Waals surface area contributed by atoms with E-state index in [-0.39, 0.29) is 5.69 Å². The molecule has 0 radical (unpaired) electrons. The fraction of sp³-hybridized carbons (Fsp3) is 0.500. The highest BCUT2D eigenvalue weighted by Gasteiger charge is 2.15. The first-order valence-electron chi connectivity index (χ1n) is 5.19. The Bertz CT molecular complexity index is 360. The third-order valence-corrected chi connectivity index (χ3v) is 2.56. The number of nitrogens with zero attached hydrogens (tertiary/aromatic N) is 2. The van der Waals surface area contributed by atoms with Crippen molar-refractivity contribution in [3.05, 3.63) is 28.4 Å². The summed E-state index contributed by atoms with van der Waals surface area (Å²) in [6.07, 6.45) is 2.31. The summed E-state index contributed by atoms with van der Waals surface area (Å²) in [4.78, 5) is 13.8. The second kappa shape index (κ2) is 4.89. The number of aromatic nitrogens is 1. The molecule has 0 spiro atoms. The predicted octanol–water partition coefficient (Wildman–Crippen LogP) is 0.978. The van der Waals surface area contributed by atoms with E-state index in [1.165, 1.54) is 18.3 Å². The number of hydrogen-bond donors (Lipinski definition) is 1. The van der Waals surface area contributed by atoms with Crippen LogP contribution in [0.3, 0.4) is 0 Å². The molecule has 1 saturated heterocycles. The molecule has 1 N–H and O–H groups in total. The molecule has 0 bridgehead atoms. The molecule has 0 aliphatic carbocycles. The molecule has 6 nitrogen and oxygen atoms in total. The number of ether oxygens (including phenoxy) is 1. The normalized spacial score (nSPS) is 19.6. The number of rotatable bonds is 4. The van der Waals surface area contributed by atoms with Gasteiger partial charge in [0, 0.05) is 24.6 Å². The van der Waals surface area contributed by atoms with Crippen molar-refractivity contribution >= 4 is 5.69 Å². The molecule has 0 unspecified atom stereocenters. The first-order valence-corrected chi connectivity index (χ1v) is 5.19. The second-order valence-corrected chi connectivity index (χ2v) is 3.78. The third kappa shape index (κ3) is 2.66. The van der Waals surface area contributed by atoms with Gasteiger partial charge in [-0.05, 0) is 13.0 Å². The van der Waals surface area contributed by atoms with E-state index in [4.69, 9.17) is 4.74 Å². The SMILES string of the molecule is O=[N+]([O-])c1ccc(OC[C@@H]2CCNC2)nc1. The lowest BCUT2D eigenvalue weighted by Crippen LogP contribution is -2.15. The average Bonchev–Trinajstić information content (AvgIpc) is 2.80. The zero-order valence-electron chi connectivity index (χ0n) is 8.76. The lowest BCUT2D eigenvalue weighted by Gasteiger charge is -2.09. The van der Waals surface area contributed by atoms with Crippen LogP contribution in [0.15, 0.2) is 18.3 Å². The number of pyridine rings is 1. The maximum atomic E-state index is 10.4. The van der Waals surface area contributed by atoms with E-state index in [0.717, 1.165) is 19.5 Å². The molecule has 6 heteroatoms. The van der Waals surface area contributed by atoms with Crippen LogP contribution in [0.4, 0.5) is 5.69 Å². The van der Waals surface area contributed by atoms with Gasteiger partial charge in [0.15, 0.2) is 0 Å². The zero-order valence-corrected chi connectivity index (χ0v) is 8.76. The largest absolute Gasteiger partial charge is 0.477 e. The molecule has 1 aromatic heterocycles. The van der Waals surface area contributed by atoms with Crippen molar-refractivity contribution in [1.29, 1.82) is 0 Å². The molecule has 2 rings (SSSR count). The molecular weight excluding hydrogens is 210 g/mol. The smallest absolute Gasteiger partial charge is 0.287 e. The van der Waals surface area contributed by atoms with E-state index in [0.29, 0.717) is 18.4 Å². The van der Waals surface area contributed by atoms with Gasteiger partial charge in [-0.2, -0.15) is 0 Å². The third-order valence-electron chi connectivity index (χ3n) is 2.56. The molecule has 86 valence electrons. The molecule has 1 aromatic rings. The number of nitrogens with one attached hydrogen (secondary N) is 1. The summed E-state index contributed by atoms with van der Waals surface area (Å²) in [5, 5.41) is 13.6. The van der Waals surface area contributed by atoms with Crippen LogP contribution < -0.4 is 10.1 Å². The van der Waals surface area contributed by atoms with Crippen LogP contribution in [0, 0.1) is 16.0 Å². The molecule has 2 heterocycles. The number of nitro groups is 1. The van der Waals surface area contributed by atoms with Crippen LogP contribution in [-0.2, 0) is 0 Å². The summed E-state index contributed by atoms with van der Waals surface area (Å²) in [5.74, 6) is 0.953. The van der Waals surface area contributed by atoms with Crippen LogP contribution in [0.2, 0.25) is 0 Å². The van der Waals surface area contributed by atoms with Crippen molar-refractivity contribution in [2.24, 2.45) is 5.92 Å². The Kier molecular flexibility index (Phi) is 3.31. The van der Waals surface area contributed by atoms with Crippen LogP contribution in [0.5, 0.6) is 5.88 Å². The molecule has 1 fully saturated rings. The molecule has 1 atom stereocenters. The van der Waals surface area contributed by atoms with E-state index in [1.54, 1.807) is 0 Å². The van der Waals surface area contributed by atoms with E-state index in [1.807, 2.05) is 0 Å². The molecule has 16 heavy (non-hydrogen) atoms. The van der Waals surface area contributed by atoms with E-state index in [9.17, 15) is 10.1 Å². The summed E-state index contributed by atoms with van der Waals surface area (Å²) in [6.45, 7) is 2.60. The van der Waals surface area contributed by atoms with Gasteiger partial charge in [0.1, 0.15) is 6.20 Å². The van der Waals surface area contributed by atoms with Crippen LogP contribution in [0.25, 0.3) is 0 Å². The molecule has 1 aliphatic rings. The van der Waals surface area contributed by atoms with Crippen molar-refractivity contribution in [1.82, 2.24) is 10.3 Å². The standard InChI is InChI=1S/C10H13N3O3/c14-13(15)9-1-2-10(12-6-9)16-7-8-3-4-11-5-8/h1-2,6,8,11H,3-5,7H2/t8-/m1/s1. The van der Waals surface area contributed by atoms with Gasteiger partial charge < -0.3 is 10.1 Å². The zero-order chi connectivity index (χ0) is 11.4. The van der Waals surface area contributed by atoms with Gasteiger partial charge >= 0.3 is 0 Å². The van der Waals surface area contributed by atoms with Crippen molar-refractivity contribution in [2.45, 2.75) is 6.42 Å². The van der Waals surface area contributed by atoms with E-state index >= 15 is 0 Å². The van der Waals surface area contributed by atoms with Gasteiger partial charge in [-0.3, -0.25) is 10.1 Å². The Morgan fingerprint density at radius 2 is 2.50 bits per heavy atom. The number of hydrogen-bond acceptors (Lipinski definition) is 5. The van der Waals surface area contributed by atoms with Crippen LogP contribution in [-0.4, -0.2) is 29.6 Å². The summed E-state index contributed by atoms with van der Waals surface area (Å²) in [5.41, 5.74) is -0.0186. The maximum absolute atomic E-state index is 10.4. The Morgan fingerprint density at radius 1 is 1.62 bits per heavy atom. The highest BCUT2D eigenvalue weighted by atomic mass is 16.6. The van der Waals surface area contributed by atoms with Gasteiger partial charge in [0.05, 0.1) is 11.5 Å². The monoisotopic (exact) mass is 223 g/mol. The summed E-state index contributed by atoms with van der Waals surface area (Å²) < 4.78 is 5.45. The lowest BCUT2D eigenvalue weighted by molar-refractivity contribution is -0.385. The fourth-order valence-electron chi connectivity index (χ4n) is 1.63. The maximum Gasteiger partial charge on any atom is 0.287 e. The topological polar surface area (TPSA) is 77.3 Å². The van der Waals surface area contributed by atoms with E-state index < -0.39 is 4.92 Å². The first-order chi connectivity index (χ1) is 7.75. The van der Waals surface area contributed by atoms with Gasteiger partial charge in [-0.15, -0.1) is 0 Å². The van der Waals surface area contributed by atoms with Gasteiger partial charge in [0.25, 0.3) is 5.69 Å². The Labute approximate surface area is 92.8 Å². The molecular formula is C10H13N3O3. The average molecular weight is 223 g/mol. The second-order valence-electron chi connectivity index (χ2n) is 3.78. The van der Waals surface area contributed by atoms with E-state index in [2.05, 4.69) is 10.3 Å². The van der Waals surface area contributed by atoms with Crippen molar-refractivity contribution < 1.29 is 9.66 Å². The molecule has 0 amide bonds. The Hall–Kier alpha value is -1.69. The van der Waals surface area contributed by atoms with Crippen LogP contribution >= 0.6 is 0 Å². The van der Waals surface area contributed by atoms with Crippen molar-refractivity contribution in [3.63, 3.8) is 0 Å². The van der Waals surface area contributed by atoms with Gasteiger partial charge in [-0.25, -0.2) is 4.98 Å². The molecule has 0 saturated carbocycles. The minimum atomic E-state index is -0.475. The lowest BCUT2D eigenvalue weighted by atomic mass is 10.1. The Balaban J connectivity index is 1.87. The van der Waals surface area contributed by atoms with Crippen molar-refractivity contribution in [2.75, 3.05) is 19.7 Å². The van der Waals surface area contributed by atoms with Crippen LogP contribution in [0.1, 0.15) is 6.42 Å². The minimum Gasteiger partial charge on any atom is -0.477 e. The highest BCUT2D eigenvalue weighted by molar-refractivity contribution is 5.28. The minimum absolute atomic E-state index is 0.0186. The van der Waals surface area contributed by atoms with Gasteiger partial charge in [0.2, 0.25) is 5.88 Å². The summed E-state index contributed by atoms with van der Waals surface area (Å²) in [6, 6.07) is 2.93. The van der Waals surface area contributed by atoms with Crippen molar-refractivity contribution in [3.8, 4) is 5.88 Å².